The molecule has 2 fully saturated rings. The number of Topliss-reactive ketones (excluding diaryl/α,β-unsaturated/α-hetero) is 1. The Morgan fingerprint density at radius 1 is 1.05 bits per heavy atom. The van der Waals surface area contributed by atoms with Crippen LogP contribution >= 0.6 is 0 Å². The van der Waals surface area contributed by atoms with Crippen molar-refractivity contribution in [3.8, 4) is 11.5 Å². The maximum atomic E-state index is 14.4. The Bertz CT molecular complexity index is 1330. The van der Waals surface area contributed by atoms with Crippen molar-refractivity contribution >= 4 is 29.0 Å². The van der Waals surface area contributed by atoms with Crippen LogP contribution in [0, 0.1) is 0 Å². The van der Waals surface area contributed by atoms with E-state index in [9.17, 15) is 19.5 Å². The Morgan fingerprint density at radius 2 is 1.84 bits per heavy atom. The molecule has 0 bridgehead atoms. The van der Waals surface area contributed by atoms with Crippen LogP contribution in [-0.2, 0) is 24.7 Å². The highest BCUT2D eigenvalue weighted by molar-refractivity contribution is 6.50. The molecule has 0 aliphatic carbocycles. The van der Waals surface area contributed by atoms with Gasteiger partial charge in [-0.1, -0.05) is 25.1 Å². The van der Waals surface area contributed by atoms with E-state index in [1.807, 2.05) is 19.1 Å². The van der Waals surface area contributed by atoms with Crippen LogP contribution in [0.5, 0.6) is 11.5 Å². The molecule has 0 aromatic heterocycles. The minimum absolute atomic E-state index is 0.0720. The molecule has 6 rings (SSSR count). The van der Waals surface area contributed by atoms with Crippen LogP contribution in [0.25, 0.3) is 5.76 Å². The predicted molar refractivity (Wildman–Crippen MR) is 133 cm³/mol. The number of fused-ring (bicyclic) bond motifs is 3. The molecule has 2 aromatic rings. The number of carbonyl (C=O) groups is 3. The number of ketones is 1. The third-order valence-corrected chi connectivity index (χ3v) is 7.48. The number of hydrogen-bond acceptors (Lipinski definition) is 7. The lowest BCUT2D eigenvalue weighted by Crippen LogP contribution is -2.53. The van der Waals surface area contributed by atoms with Gasteiger partial charge >= 0.3 is 0 Å². The Labute approximate surface area is 214 Å². The number of rotatable bonds is 5. The SMILES string of the molecule is CCCN1C(=O)[C@]2(C(=C(O)c3ccc4c(c3)OCCO4)C(=O)C(=O)N2C[C@H]2CCCO2)c2ccccc21. The molecule has 0 radical (unpaired) electrons. The predicted octanol–water partition coefficient (Wildman–Crippen LogP) is 2.97. The smallest absolute Gasteiger partial charge is 0.296 e. The molecule has 9 nitrogen and oxygen atoms in total. The summed E-state index contributed by atoms with van der Waals surface area (Å²) in [6.07, 6.45) is 1.93. The first-order valence-electron chi connectivity index (χ1n) is 12.7. The summed E-state index contributed by atoms with van der Waals surface area (Å²) in [5.41, 5.74) is -0.629. The van der Waals surface area contributed by atoms with Gasteiger partial charge in [0.25, 0.3) is 17.6 Å². The van der Waals surface area contributed by atoms with Crippen LogP contribution in [-0.4, -0.2) is 66.6 Å². The lowest BCUT2D eigenvalue weighted by Gasteiger charge is -2.35. The molecule has 1 spiro atoms. The summed E-state index contributed by atoms with van der Waals surface area (Å²) in [6.45, 7) is 3.76. The number of hydrogen-bond donors (Lipinski definition) is 1. The highest BCUT2D eigenvalue weighted by Gasteiger charge is 2.67. The first kappa shape index (κ1) is 23.5. The fourth-order valence-electron chi connectivity index (χ4n) is 5.89. The highest BCUT2D eigenvalue weighted by atomic mass is 16.6. The number of likely N-dealkylation sites (tertiary alicyclic amines) is 1. The quantitative estimate of drug-likeness (QED) is 0.379. The average Bonchev–Trinajstić information content (AvgIpc) is 3.58. The van der Waals surface area contributed by atoms with Crippen LogP contribution in [0.2, 0.25) is 0 Å². The molecule has 0 saturated carbocycles. The summed E-state index contributed by atoms with van der Waals surface area (Å²) < 4.78 is 17.1. The van der Waals surface area contributed by atoms with Crippen molar-refractivity contribution in [1.29, 1.82) is 0 Å². The van der Waals surface area contributed by atoms with Gasteiger partial charge in [-0.25, -0.2) is 0 Å². The van der Waals surface area contributed by atoms with Crippen molar-refractivity contribution in [2.24, 2.45) is 0 Å². The molecule has 192 valence electrons. The van der Waals surface area contributed by atoms with Crippen LogP contribution in [0.1, 0.15) is 37.3 Å². The third-order valence-electron chi connectivity index (χ3n) is 7.48. The first-order valence-corrected chi connectivity index (χ1v) is 12.7. The molecule has 2 aromatic carbocycles. The molecule has 2 atom stereocenters. The van der Waals surface area contributed by atoms with E-state index in [2.05, 4.69) is 0 Å². The van der Waals surface area contributed by atoms with E-state index in [4.69, 9.17) is 14.2 Å². The van der Waals surface area contributed by atoms with E-state index >= 15 is 0 Å². The molecular formula is C28H28N2O7. The summed E-state index contributed by atoms with van der Waals surface area (Å²) in [7, 11) is 0. The zero-order valence-electron chi connectivity index (χ0n) is 20.6. The maximum absolute atomic E-state index is 14.4. The Morgan fingerprint density at radius 3 is 2.59 bits per heavy atom. The van der Waals surface area contributed by atoms with E-state index < -0.39 is 28.9 Å². The number of nitrogens with zero attached hydrogens (tertiary/aromatic N) is 2. The Kier molecular flexibility index (Phi) is 5.67. The zero-order chi connectivity index (χ0) is 25.7. The maximum Gasteiger partial charge on any atom is 0.296 e. The van der Waals surface area contributed by atoms with Gasteiger partial charge in [-0.05, 0) is 43.5 Å². The summed E-state index contributed by atoms with van der Waals surface area (Å²) in [5.74, 6) is -1.63. The summed E-state index contributed by atoms with van der Waals surface area (Å²) in [4.78, 5) is 44.6. The second-order valence-electron chi connectivity index (χ2n) is 9.65. The fraction of sp³-hybridized carbons (Fsp3) is 0.393. The lowest BCUT2D eigenvalue weighted by atomic mass is 9.81. The van der Waals surface area contributed by atoms with E-state index in [0.29, 0.717) is 55.5 Å². The first-order chi connectivity index (χ1) is 18.0. The normalized spacial score (nSPS) is 25.9. The zero-order valence-corrected chi connectivity index (χ0v) is 20.6. The molecule has 4 aliphatic heterocycles. The van der Waals surface area contributed by atoms with E-state index in [0.717, 1.165) is 12.8 Å². The third kappa shape index (κ3) is 3.37. The summed E-state index contributed by atoms with van der Waals surface area (Å²) in [6, 6.07) is 12.0. The average molecular weight is 505 g/mol. The van der Waals surface area contributed by atoms with Crippen molar-refractivity contribution in [2.45, 2.75) is 37.8 Å². The van der Waals surface area contributed by atoms with Gasteiger partial charge in [-0.3, -0.25) is 14.4 Å². The van der Waals surface area contributed by atoms with E-state index in [1.165, 1.54) is 4.90 Å². The number of ether oxygens (including phenoxy) is 3. The second kappa shape index (κ2) is 8.92. The standard InChI is InChI=1S/C28H28N2O7/c1-2-11-29-20-8-4-3-7-19(20)28(27(29)34)23(25(32)26(33)30(28)16-18-6-5-12-35-18)24(31)17-9-10-21-22(15-17)37-14-13-36-21/h3-4,7-10,15,18,31H,2,5-6,11-14,16H2,1H3/t18-,28-/m1/s1. The Balaban J connectivity index is 1.59. The fourth-order valence-corrected chi connectivity index (χ4v) is 5.89. The van der Waals surface area contributed by atoms with Gasteiger partial charge in [0.1, 0.15) is 19.0 Å². The van der Waals surface area contributed by atoms with Gasteiger partial charge in [0, 0.05) is 30.8 Å². The van der Waals surface area contributed by atoms with Crippen molar-refractivity contribution in [3.05, 3.63) is 59.2 Å². The van der Waals surface area contributed by atoms with Crippen molar-refractivity contribution in [2.75, 3.05) is 37.8 Å². The monoisotopic (exact) mass is 504 g/mol. The van der Waals surface area contributed by atoms with Gasteiger partial charge < -0.3 is 29.1 Å². The van der Waals surface area contributed by atoms with Crippen molar-refractivity contribution in [3.63, 3.8) is 0 Å². The van der Waals surface area contributed by atoms with Crippen LogP contribution in [0.3, 0.4) is 0 Å². The van der Waals surface area contributed by atoms with Gasteiger partial charge in [0.15, 0.2) is 17.0 Å². The van der Waals surface area contributed by atoms with Gasteiger partial charge in [0.05, 0.1) is 17.4 Å². The number of aliphatic hydroxyl groups excluding tert-OH is 1. The number of anilines is 1. The number of benzene rings is 2. The molecule has 2 amide bonds. The molecule has 2 saturated heterocycles. The van der Waals surface area contributed by atoms with Crippen LogP contribution in [0.4, 0.5) is 5.69 Å². The number of carbonyl (C=O) groups excluding carboxylic acids is 3. The molecule has 4 aliphatic rings. The van der Waals surface area contributed by atoms with Gasteiger partial charge in [-0.2, -0.15) is 0 Å². The van der Waals surface area contributed by atoms with E-state index in [-0.39, 0.29) is 23.8 Å². The molecular weight excluding hydrogens is 476 g/mol. The number of amides is 2. The molecule has 4 heterocycles. The molecule has 9 heteroatoms. The molecule has 0 unspecified atom stereocenters. The van der Waals surface area contributed by atoms with Crippen molar-refractivity contribution < 1.29 is 33.7 Å². The van der Waals surface area contributed by atoms with Crippen LogP contribution in [0.15, 0.2) is 48.0 Å². The largest absolute Gasteiger partial charge is 0.507 e. The number of aliphatic hydroxyl groups is 1. The topological polar surface area (TPSA) is 106 Å². The van der Waals surface area contributed by atoms with Crippen LogP contribution < -0.4 is 14.4 Å². The minimum atomic E-state index is -1.79. The highest BCUT2D eigenvalue weighted by Crippen LogP contribution is 2.54. The number of para-hydroxylation sites is 1. The van der Waals surface area contributed by atoms with Crippen molar-refractivity contribution in [1.82, 2.24) is 4.90 Å². The lowest BCUT2D eigenvalue weighted by molar-refractivity contribution is -0.145. The van der Waals surface area contributed by atoms with E-state index in [1.54, 1.807) is 35.2 Å². The van der Waals surface area contributed by atoms with Gasteiger partial charge in [-0.15, -0.1) is 0 Å². The van der Waals surface area contributed by atoms with Gasteiger partial charge in [0.2, 0.25) is 0 Å². The summed E-state index contributed by atoms with van der Waals surface area (Å²) >= 11 is 0. The second-order valence-corrected chi connectivity index (χ2v) is 9.65. The summed E-state index contributed by atoms with van der Waals surface area (Å²) in [5, 5.41) is 11.7. The minimum Gasteiger partial charge on any atom is -0.507 e. The molecule has 37 heavy (non-hydrogen) atoms. The Hall–Kier alpha value is -3.85. The molecule has 1 N–H and O–H groups in total.